The van der Waals surface area contributed by atoms with Crippen molar-refractivity contribution in [3.8, 4) is 0 Å². The van der Waals surface area contributed by atoms with Crippen molar-refractivity contribution in [3.63, 3.8) is 0 Å². The SMILES string of the molecule is CCN(CC)c1ccc(Nc2ncnc3sc(C(=O)OCc4ccccc4)c(C)c23)cc1. The predicted octanol–water partition coefficient (Wildman–Crippen LogP) is 5.95. The highest BCUT2D eigenvalue weighted by Crippen LogP contribution is 2.35. The van der Waals surface area contributed by atoms with Crippen LogP contribution < -0.4 is 10.2 Å². The van der Waals surface area contributed by atoms with Crippen LogP contribution in [0.1, 0.15) is 34.6 Å². The third kappa shape index (κ3) is 4.57. The molecule has 0 bridgehead atoms. The van der Waals surface area contributed by atoms with E-state index < -0.39 is 0 Å². The Balaban J connectivity index is 1.56. The number of aryl methyl sites for hydroxylation is 1. The summed E-state index contributed by atoms with van der Waals surface area (Å²) in [7, 11) is 0. The maximum absolute atomic E-state index is 12.8. The van der Waals surface area contributed by atoms with Crippen molar-refractivity contribution in [2.75, 3.05) is 23.3 Å². The van der Waals surface area contributed by atoms with Crippen molar-refractivity contribution < 1.29 is 9.53 Å². The zero-order valence-corrected chi connectivity index (χ0v) is 19.3. The Morgan fingerprint density at radius 1 is 1.03 bits per heavy atom. The van der Waals surface area contributed by atoms with E-state index in [4.69, 9.17) is 4.74 Å². The average molecular weight is 447 g/mol. The number of fused-ring (bicyclic) bond motifs is 1. The van der Waals surface area contributed by atoms with Crippen LogP contribution in [0.5, 0.6) is 0 Å². The molecule has 0 unspecified atom stereocenters. The topological polar surface area (TPSA) is 67.3 Å². The molecule has 0 aliphatic carbocycles. The molecule has 164 valence electrons. The molecule has 0 saturated heterocycles. The summed E-state index contributed by atoms with van der Waals surface area (Å²) in [5.74, 6) is 0.338. The molecule has 7 heteroatoms. The number of hydrogen-bond acceptors (Lipinski definition) is 7. The van der Waals surface area contributed by atoms with E-state index in [0.29, 0.717) is 10.7 Å². The summed E-state index contributed by atoms with van der Waals surface area (Å²) < 4.78 is 5.54. The summed E-state index contributed by atoms with van der Waals surface area (Å²) in [5, 5.41) is 4.23. The number of esters is 1. The third-order valence-corrected chi connectivity index (χ3v) is 6.56. The van der Waals surface area contributed by atoms with Gasteiger partial charge in [-0.1, -0.05) is 30.3 Å². The fourth-order valence-electron chi connectivity index (χ4n) is 3.63. The minimum absolute atomic E-state index is 0.239. The van der Waals surface area contributed by atoms with Gasteiger partial charge in [-0.25, -0.2) is 14.8 Å². The van der Waals surface area contributed by atoms with Crippen LogP contribution in [0.2, 0.25) is 0 Å². The van der Waals surface area contributed by atoms with E-state index >= 15 is 0 Å². The van der Waals surface area contributed by atoms with E-state index in [1.807, 2.05) is 49.4 Å². The fourth-order valence-corrected chi connectivity index (χ4v) is 4.67. The minimum Gasteiger partial charge on any atom is -0.457 e. The first-order chi connectivity index (χ1) is 15.6. The molecule has 2 aromatic carbocycles. The lowest BCUT2D eigenvalue weighted by Gasteiger charge is -2.21. The number of anilines is 3. The molecule has 2 heterocycles. The first-order valence-corrected chi connectivity index (χ1v) is 11.5. The smallest absolute Gasteiger partial charge is 0.349 e. The lowest BCUT2D eigenvalue weighted by atomic mass is 10.2. The van der Waals surface area contributed by atoms with Crippen LogP contribution in [0.25, 0.3) is 10.2 Å². The second-order valence-corrected chi connectivity index (χ2v) is 8.36. The van der Waals surface area contributed by atoms with Gasteiger partial charge in [0.15, 0.2) is 0 Å². The van der Waals surface area contributed by atoms with Gasteiger partial charge in [0, 0.05) is 24.5 Å². The molecule has 0 atom stereocenters. The standard InChI is InChI=1S/C25H26N4O2S/c1-4-29(5-2)20-13-11-19(12-14-20)28-23-21-17(3)22(32-24(21)27-16-26-23)25(30)31-15-18-9-7-6-8-10-18/h6-14,16H,4-5,15H2,1-3H3,(H,26,27,28). The molecule has 1 N–H and O–H groups in total. The summed E-state index contributed by atoms with van der Waals surface area (Å²) in [5.41, 5.74) is 3.89. The molecule has 32 heavy (non-hydrogen) atoms. The highest BCUT2D eigenvalue weighted by atomic mass is 32.1. The lowest BCUT2D eigenvalue weighted by molar-refractivity contribution is 0.0478. The van der Waals surface area contributed by atoms with Crippen molar-refractivity contribution in [1.29, 1.82) is 0 Å². The van der Waals surface area contributed by atoms with Gasteiger partial charge >= 0.3 is 5.97 Å². The second kappa shape index (κ2) is 9.78. The van der Waals surface area contributed by atoms with Crippen LogP contribution in [0.3, 0.4) is 0 Å². The number of thiophene rings is 1. The van der Waals surface area contributed by atoms with Crippen molar-refractivity contribution in [3.05, 3.63) is 76.9 Å². The number of nitrogens with zero attached hydrogens (tertiary/aromatic N) is 3. The van der Waals surface area contributed by atoms with E-state index in [1.165, 1.54) is 23.4 Å². The zero-order valence-electron chi connectivity index (χ0n) is 18.5. The second-order valence-electron chi connectivity index (χ2n) is 7.36. The van der Waals surface area contributed by atoms with Crippen LogP contribution in [-0.2, 0) is 11.3 Å². The average Bonchev–Trinajstić information content (AvgIpc) is 3.17. The van der Waals surface area contributed by atoms with Gasteiger partial charge in [0.1, 0.15) is 28.5 Å². The van der Waals surface area contributed by atoms with Crippen molar-refractivity contribution in [1.82, 2.24) is 9.97 Å². The molecule has 0 saturated carbocycles. The number of nitrogens with one attached hydrogen (secondary N) is 1. The van der Waals surface area contributed by atoms with Gasteiger partial charge in [0.2, 0.25) is 0 Å². The van der Waals surface area contributed by atoms with Crippen LogP contribution in [0, 0.1) is 6.92 Å². The van der Waals surface area contributed by atoms with Crippen LogP contribution in [0.4, 0.5) is 17.2 Å². The normalized spacial score (nSPS) is 10.8. The predicted molar refractivity (Wildman–Crippen MR) is 131 cm³/mol. The molecular formula is C25H26N4O2S. The van der Waals surface area contributed by atoms with Crippen LogP contribution in [0.15, 0.2) is 60.9 Å². The molecule has 6 nitrogen and oxygen atoms in total. The molecule has 0 spiro atoms. The van der Waals surface area contributed by atoms with E-state index in [9.17, 15) is 4.79 Å². The molecule has 0 aliphatic rings. The van der Waals surface area contributed by atoms with Gasteiger partial charge in [-0.3, -0.25) is 0 Å². The molecule has 0 fully saturated rings. The number of carbonyl (C=O) groups excluding carboxylic acids is 1. The monoisotopic (exact) mass is 446 g/mol. The summed E-state index contributed by atoms with van der Waals surface area (Å²) in [6.07, 6.45) is 1.52. The Hall–Kier alpha value is -3.45. The zero-order chi connectivity index (χ0) is 22.5. The molecule has 0 aliphatic heterocycles. The van der Waals surface area contributed by atoms with Crippen molar-refractivity contribution in [2.24, 2.45) is 0 Å². The number of aromatic nitrogens is 2. The van der Waals surface area contributed by atoms with Crippen molar-refractivity contribution >= 4 is 44.7 Å². The highest BCUT2D eigenvalue weighted by Gasteiger charge is 2.20. The number of hydrogen-bond donors (Lipinski definition) is 1. The van der Waals surface area contributed by atoms with Gasteiger partial charge in [0.05, 0.1) is 5.39 Å². The molecule has 4 rings (SSSR count). The molecule has 0 radical (unpaired) electrons. The van der Waals surface area contributed by atoms with E-state index in [1.54, 1.807) is 0 Å². The fraction of sp³-hybridized carbons (Fsp3) is 0.240. The molecule has 2 aromatic heterocycles. The van der Waals surface area contributed by atoms with Gasteiger partial charge < -0.3 is 15.0 Å². The molecular weight excluding hydrogens is 420 g/mol. The number of rotatable bonds is 8. The Morgan fingerprint density at radius 2 is 1.75 bits per heavy atom. The summed E-state index contributed by atoms with van der Waals surface area (Å²) in [4.78, 5) is 25.2. The number of benzene rings is 2. The Morgan fingerprint density at radius 3 is 2.44 bits per heavy atom. The molecule has 4 aromatic rings. The summed E-state index contributed by atoms with van der Waals surface area (Å²) >= 11 is 1.33. The first kappa shape index (κ1) is 21.8. The number of carbonyl (C=O) groups is 1. The van der Waals surface area contributed by atoms with E-state index in [2.05, 4.69) is 46.2 Å². The Kier molecular flexibility index (Phi) is 6.66. The van der Waals surface area contributed by atoms with Crippen LogP contribution in [-0.4, -0.2) is 29.0 Å². The van der Waals surface area contributed by atoms with Crippen LogP contribution >= 0.6 is 11.3 Å². The lowest BCUT2D eigenvalue weighted by Crippen LogP contribution is -2.21. The number of ether oxygens (including phenoxy) is 1. The Labute approximate surface area is 191 Å². The van der Waals surface area contributed by atoms with Gasteiger partial charge in [-0.15, -0.1) is 11.3 Å². The summed E-state index contributed by atoms with van der Waals surface area (Å²) in [6.45, 7) is 8.38. The maximum Gasteiger partial charge on any atom is 0.349 e. The third-order valence-electron chi connectivity index (χ3n) is 5.38. The molecule has 0 amide bonds. The minimum atomic E-state index is -0.344. The van der Waals surface area contributed by atoms with Crippen molar-refractivity contribution in [2.45, 2.75) is 27.4 Å². The quantitative estimate of drug-likeness (QED) is 0.338. The van der Waals surface area contributed by atoms with Gasteiger partial charge in [-0.2, -0.15) is 0 Å². The maximum atomic E-state index is 12.8. The summed E-state index contributed by atoms with van der Waals surface area (Å²) in [6, 6.07) is 17.9. The largest absolute Gasteiger partial charge is 0.457 e. The van der Waals surface area contributed by atoms with Gasteiger partial charge in [-0.05, 0) is 56.2 Å². The first-order valence-electron chi connectivity index (χ1n) is 10.7. The van der Waals surface area contributed by atoms with E-state index in [0.717, 1.165) is 40.1 Å². The highest BCUT2D eigenvalue weighted by molar-refractivity contribution is 7.20. The van der Waals surface area contributed by atoms with Gasteiger partial charge in [0.25, 0.3) is 0 Å². The Bertz CT molecular complexity index is 1200. The van der Waals surface area contributed by atoms with E-state index in [-0.39, 0.29) is 12.6 Å².